The molecule has 1 aromatic rings. The third-order valence-electron chi connectivity index (χ3n) is 2.31. The molecule has 0 saturated carbocycles. The number of nitrogens with one attached hydrogen (secondary N) is 1. The third-order valence-corrected chi connectivity index (χ3v) is 2.31. The monoisotopic (exact) mass is 265 g/mol. The van der Waals surface area contributed by atoms with Crippen molar-refractivity contribution in [3.63, 3.8) is 0 Å². The van der Waals surface area contributed by atoms with Crippen LogP contribution in [0.3, 0.4) is 0 Å². The van der Waals surface area contributed by atoms with Gasteiger partial charge < -0.3 is 10.4 Å². The molecule has 1 unspecified atom stereocenters. The Balaban J connectivity index is 2.57. The van der Waals surface area contributed by atoms with E-state index in [1.807, 2.05) is 0 Å². The van der Waals surface area contributed by atoms with Gasteiger partial charge in [-0.05, 0) is 12.5 Å². The third kappa shape index (κ3) is 4.02. The molecule has 0 saturated heterocycles. The molecule has 8 heteroatoms. The molecule has 1 atom stereocenters. The molecule has 0 radical (unpaired) electrons. The Morgan fingerprint density at radius 3 is 2.72 bits per heavy atom. The Labute approximate surface area is 102 Å². The van der Waals surface area contributed by atoms with Gasteiger partial charge in [0.1, 0.15) is 6.54 Å². The largest absolute Gasteiger partial charge is 0.435 e. The standard InChI is InChI=1S/C10H14F3N3O2/c1-2-7(6-17)14-9(18)5-16-4-3-8(15-16)10(11,12)13/h3-4,7,17H,2,5-6H2,1H3,(H,14,18). The molecule has 0 aliphatic carbocycles. The molecule has 0 aliphatic rings. The maximum absolute atomic E-state index is 12.2. The second-order valence-corrected chi connectivity index (χ2v) is 3.75. The molecule has 1 aromatic heterocycles. The number of aromatic nitrogens is 2. The van der Waals surface area contributed by atoms with E-state index in [2.05, 4.69) is 10.4 Å². The highest BCUT2D eigenvalue weighted by atomic mass is 19.4. The fraction of sp³-hybridized carbons (Fsp3) is 0.600. The van der Waals surface area contributed by atoms with E-state index in [4.69, 9.17) is 5.11 Å². The van der Waals surface area contributed by atoms with Crippen LogP contribution in [0.25, 0.3) is 0 Å². The SMILES string of the molecule is CCC(CO)NC(=O)Cn1ccc(C(F)(F)F)n1. The first-order chi connectivity index (χ1) is 8.36. The summed E-state index contributed by atoms with van der Waals surface area (Å²) in [5, 5.41) is 14.6. The summed E-state index contributed by atoms with van der Waals surface area (Å²) < 4.78 is 37.7. The quantitative estimate of drug-likeness (QED) is 0.827. The van der Waals surface area contributed by atoms with Gasteiger partial charge in [0.25, 0.3) is 0 Å². The Bertz CT molecular complexity index is 399. The normalized spacial score (nSPS) is 13.4. The lowest BCUT2D eigenvalue weighted by molar-refractivity contribution is -0.141. The molecule has 1 amide bonds. The minimum atomic E-state index is -4.52. The van der Waals surface area contributed by atoms with E-state index in [1.54, 1.807) is 6.92 Å². The molecule has 0 fully saturated rings. The predicted molar refractivity (Wildman–Crippen MR) is 56.5 cm³/mol. The molecular weight excluding hydrogens is 251 g/mol. The number of aliphatic hydroxyl groups excluding tert-OH is 1. The van der Waals surface area contributed by atoms with Crippen LogP contribution < -0.4 is 5.32 Å². The fourth-order valence-electron chi connectivity index (χ4n) is 1.30. The van der Waals surface area contributed by atoms with Crippen molar-refractivity contribution in [3.05, 3.63) is 18.0 Å². The summed E-state index contributed by atoms with van der Waals surface area (Å²) in [5.74, 6) is -0.493. The van der Waals surface area contributed by atoms with E-state index in [0.29, 0.717) is 6.42 Å². The summed E-state index contributed by atoms with van der Waals surface area (Å²) in [4.78, 5) is 11.4. The van der Waals surface area contributed by atoms with Crippen LogP contribution in [-0.4, -0.2) is 33.4 Å². The van der Waals surface area contributed by atoms with Gasteiger partial charge in [-0.3, -0.25) is 9.48 Å². The van der Waals surface area contributed by atoms with Gasteiger partial charge in [0.2, 0.25) is 5.91 Å². The van der Waals surface area contributed by atoms with E-state index >= 15 is 0 Å². The highest BCUT2D eigenvalue weighted by Gasteiger charge is 2.33. The van der Waals surface area contributed by atoms with E-state index in [1.165, 1.54) is 0 Å². The van der Waals surface area contributed by atoms with Crippen LogP contribution in [0.4, 0.5) is 13.2 Å². The van der Waals surface area contributed by atoms with Gasteiger partial charge in [-0.1, -0.05) is 6.92 Å². The van der Waals surface area contributed by atoms with Gasteiger partial charge in [0.15, 0.2) is 5.69 Å². The van der Waals surface area contributed by atoms with Crippen LogP contribution in [0.1, 0.15) is 19.0 Å². The highest BCUT2D eigenvalue weighted by Crippen LogP contribution is 2.27. The number of hydrogen-bond donors (Lipinski definition) is 2. The molecule has 5 nitrogen and oxygen atoms in total. The average Bonchev–Trinajstić information content (AvgIpc) is 2.74. The van der Waals surface area contributed by atoms with Crippen LogP contribution in [-0.2, 0) is 17.5 Å². The van der Waals surface area contributed by atoms with E-state index in [9.17, 15) is 18.0 Å². The first-order valence-corrected chi connectivity index (χ1v) is 5.37. The van der Waals surface area contributed by atoms with Crippen molar-refractivity contribution in [2.75, 3.05) is 6.61 Å². The summed E-state index contributed by atoms with van der Waals surface area (Å²) >= 11 is 0. The zero-order valence-corrected chi connectivity index (χ0v) is 9.74. The van der Waals surface area contributed by atoms with Gasteiger partial charge in [0.05, 0.1) is 12.6 Å². The molecule has 0 aliphatic heterocycles. The summed E-state index contributed by atoms with van der Waals surface area (Å²) in [5.41, 5.74) is -1.04. The second-order valence-electron chi connectivity index (χ2n) is 3.75. The minimum absolute atomic E-state index is 0.213. The zero-order chi connectivity index (χ0) is 13.8. The molecule has 2 N–H and O–H groups in total. The van der Waals surface area contributed by atoms with Crippen molar-refractivity contribution in [2.24, 2.45) is 0 Å². The Kier molecular flexibility index (Phi) is 4.71. The van der Waals surface area contributed by atoms with Crippen LogP contribution in [0.5, 0.6) is 0 Å². The Hall–Kier alpha value is -1.57. The number of nitrogens with zero attached hydrogens (tertiary/aromatic N) is 2. The lowest BCUT2D eigenvalue weighted by Crippen LogP contribution is -2.39. The molecule has 0 aromatic carbocycles. The topological polar surface area (TPSA) is 67.2 Å². The number of carbonyl (C=O) groups excluding carboxylic acids is 1. The minimum Gasteiger partial charge on any atom is -0.394 e. The number of carbonyl (C=O) groups is 1. The lowest BCUT2D eigenvalue weighted by Gasteiger charge is -2.13. The van der Waals surface area contributed by atoms with Gasteiger partial charge in [-0.25, -0.2) is 0 Å². The maximum Gasteiger partial charge on any atom is 0.435 e. The number of amides is 1. The van der Waals surface area contributed by atoms with Crippen molar-refractivity contribution in [1.82, 2.24) is 15.1 Å². The zero-order valence-electron chi connectivity index (χ0n) is 9.74. The molecule has 102 valence electrons. The van der Waals surface area contributed by atoms with Crippen molar-refractivity contribution in [3.8, 4) is 0 Å². The molecule has 1 rings (SSSR count). The van der Waals surface area contributed by atoms with E-state index in [0.717, 1.165) is 16.9 Å². The Morgan fingerprint density at radius 2 is 2.28 bits per heavy atom. The molecule has 1 heterocycles. The molecule has 0 spiro atoms. The summed E-state index contributed by atoms with van der Waals surface area (Å²) in [6.45, 7) is 1.25. The van der Waals surface area contributed by atoms with Crippen LogP contribution >= 0.6 is 0 Å². The number of alkyl halides is 3. The summed E-state index contributed by atoms with van der Waals surface area (Å²) in [6, 6.07) is 0.409. The first kappa shape index (κ1) is 14.5. The first-order valence-electron chi connectivity index (χ1n) is 5.37. The predicted octanol–water partition coefficient (Wildman–Crippen LogP) is 0.789. The average molecular weight is 265 g/mol. The van der Waals surface area contributed by atoms with Gasteiger partial charge in [-0.2, -0.15) is 18.3 Å². The van der Waals surface area contributed by atoms with Crippen LogP contribution in [0.2, 0.25) is 0 Å². The van der Waals surface area contributed by atoms with Crippen molar-refractivity contribution in [1.29, 1.82) is 0 Å². The highest BCUT2D eigenvalue weighted by molar-refractivity contribution is 5.75. The van der Waals surface area contributed by atoms with Gasteiger partial charge >= 0.3 is 6.18 Å². The number of aliphatic hydroxyl groups is 1. The molecule has 0 bridgehead atoms. The number of halogens is 3. The maximum atomic E-state index is 12.2. The molecule has 18 heavy (non-hydrogen) atoms. The van der Waals surface area contributed by atoms with E-state index < -0.39 is 23.8 Å². The Morgan fingerprint density at radius 1 is 1.61 bits per heavy atom. The van der Waals surface area contributed by atoms with Gasteiger partial charge in [0, 0.05) is 6.20 Å². The molecular formula is C10H14F3N3O2. The van der Waals surface area contributed by atoms with Crippen molar-refractivity contribution in [2.45, 2.75) is 32.1 Å². The van der Waals surface area contributed by atoms with Crippen molar-refractivity contribution < 1.29 is 23.1 Å². The van der Waals surface area contributed by atoms with Crippen molar-refractivity contribution >= 4 is 5.91 Å². The fourth-order valence-corrected chi connectivity index (χ4v) is 1.30. The smallest absolute Gasteiger partial charge is 0.394 e. The number of rotatable bonds is 5. The number of hydrogen-bond acceptors (Lipinski definition) is 3. The van der Waals surface area contributed by atoms with E-state index in [-0.39, 0.29) is 13.2 Å². The second kappa shape index (κ2) is 5.85. The summed E-state index contributed by atoms with van der Waals surface area (Å²) in [7, 11) is 0. The lowest BCUT2D eigenvalue weighted by atomic mass is 10.2. The van der Waals surface area contributed by atoms with Crippen LogP contribution in [0, 0.1) is 0 Å². The van der Waals surface area contributed by atoms with Crippen LogP contribution in [0.15, 0.2) is 12.3 Å². The van der Waals surface area contributed by atoms with Gasteiger partial charge in [-0.15, -0.1) is 0 Å². The summed E-state index contributed by atoms with van der Waals surface area (Å²) in [6.07, 6.45) is -2.89.